The van der Waals surface area contributed by atoms with Gasteiger partial charge in [0.15, 0.2) is 0 Å². The molecule has 0 saturated carbocycles. The SMILES string of the molecule is CP(=O)(Cl)Oc1ccc(CN=[N+]=[N-])cc1. The third-order valence-corrected chi connectivity index (χ3v) is 2.25. The molecule has 0 N–H and O–H groups in total. The number of hydrogen-bond donors (Lipinski definition) is 0. The van der Waals surface area contributed by atoms with Crippen molar-refractivity contribution in [1.29, 1.82) is 0 Å². The maximum Gasteiger partial charge on any atom is 0.333 e. The molecular formula is C8H9ClN3O2P. The van der Waals surface area contributed by atoms with E-state index < -0.39 is 6.72 Å². The molecule has 0 amide bonds. The maximum atomic E-state index is 11.1. The first kappa shape index (κ1) is 11.9. The van der Waals surface area contributed by atoms with Gasteiger partial charge in [-0.05, 0) is 34.5 Å². The van der Waals surface area contributed by atoms with Crippen molar-refractivity contribution in [2.75, 3.05) is 6.66 Å². The molecule has 0 aliphatic rings. The minimum absolute atomic E-state index is 0.279. The van der Waals surface area contributed by atoms with Crippen LogP contribution in [0.25, 0.3) is 10.4 Å². The first-order valence-electron chi connectivity index (χ1n) is 4.08. The second-order valence-electron chi connectivity index (χ2n) is 2.87. The highest BCUT2D eigenvalue weighted by molar-refractivity contribution is 7.85. The topological polar surface area (TPSA) is 75.1 Å². The second kappa shape index (κ2) is 5.08. The van der Waals surface area contributed by atoms with Gasteiger partial charge >= 0.3 is 6.72 Å². The lowest BCUT2D eigenvalue weighted by Crippen LogP contribution is -1.86. The summed E-state index contributed by atoms with van der Waals surface area (Å²) in [6.45, 7) is -1.43. The highest BCUT2D eigenvalue weighted by Gasteiger charge is 2.11. The molecule has 15 heavy (non-hydrogen) atoms. The van der Waals surface area contributed by atoms with Crippen LogP contribution < -0.4 is 4.52 Å². The summed E-state index contributed by atoms with van der Waals surface area (Å²) in [7, 11) is 0. The average Bonchev–Trinajstić information content (AvgIpc) is 2.14. The third-order valence-electron chi connectivity index (χ3n) is 1.51. The Bertz CT molecular complexity index is 422. The maximum absolute atomic E-state index is 11.1. The summed E-state index contributed by atoms with van der Waals surface area (Å²) in [5.41, 5.74) is 8.96. The Hall–Kier alpha value is -1.15. The predicted molar refractivity (Wildman–Crippen MR) is 59.3 cm³/mol. The summed E-state index contributed by atoms with van der Waals surface area (Å²) in [4.78, 5) is 2.64. The number of hydrogen-bond acceptors (Lipinski definition) is 3. The molecule has 1 aromatic carbocycles. The van der Waals surface area contributed by atoms with E-state index in [1.165, 1.54) is 6.66 Å². The largest absolute Gasteiger partial charge is 0.433 e. The van der Waals surface area contributed by atoms with Crippen molar-refractivity contribution in [3.8, 4) is 5.75 Å². The van der Waals surface area contributed by atoms with E-state index in [4.69, 9.17) is 21.3 Å². The molecule has 1 atom stereocenters. The number of halogens is 1. The van der Waals surface area contributed by atoms with Gasteiger partial charge in [-0.15, -0.1) is 0 Å². The lowest BCUT2D eigenvalue weighted by molar-refractivity contribution is 0.504. The summed E-state index contributed by atoms with van der Waals surface area (Å²) in [6.07, 6.45) is 0. The normalized spacial score (nSPS) is 13.7. The Morgan fingerprint density at radius 3 is 2.60 bits per heavy atom. The Morgan fingerprint density at radius 1 is 1.53 bits per heavy atom. The van der Waals surface area contributed by atoms with E-state index in [2.05, 4.69) is 10.0 Å². The van der Waals surface area contributed by atoms with Crippen LogP contribution in [0.15, 0.2) is 29.4 Å². The molecule has 0 heterocycles. The van der Waals surface area contributed by atoms with Crippen LogP contribution in [-0.2, 0) is 11.1 Å². The Balaban J connectivity index is 2.72. The highest BCUT2D eigenvalue weighted by atomic mass is 35.7. The highest BCUT2D eigenvalue weighted by Crippen LogP contribution is 2.48. The number of benzene rings is 1. The van der Waals surface area contributed by atoms with E-state index in [0.29, 0.717) is 5.75 Å². The van der Waals surface area contributed by atoms with Gasteiger partial charge in [-0.1, -0.05) is 17.2 Å². The Labute approximate surface area is 91.9 Å². The summed E-state index contributed by atoms with van der Waals surface area (Å²) in [6, 6.07) is 6.69. The molecular weight excluding hydrogens is 237 g/mol. The first-order valence-corrected chi connectivity index (χ1v) is 7.05. The molecule has 1 rings (SSSR count). The standard InChI is InChI=1S/C8H9ClN3O2P/c1-15(9,13)14-8-4-2-7(3-5-8)6-11-12-10/h2-5H,6H2,1H3. The van der Waals surface area contributed by atoms with Gasteiger partial charge in [0.1, 0.15) is 5.75 Å². The minimum atomic E-state index is -3.03. The van der Waals surface area contributed by atoms with Crippen molar-refractivity contribution < 1.29 is 9.09 Å². The fourth-order valence-electron chi connectivity index (χ4n) is 0.957. The summed E-state index contributed by atoms with van der Waals surface area (Å²) in [5, 5.41) is 3.41. The second-order valence-corrected chi connectivity index (χ2v) is 6.39. The molecule has 7 heteroatoms. The van der Waals surface area contributed by atoms with E-state index in [1.54, 1.807) is 24.3 Å². The van der Waals surface area contributed by atoms with Gasteiger partial charge in [0, 0.05) is 11.6 Å². The molecule has 0 bridgehead atoms. The van der Waals surface area contributed by atoms with Gasteiger partial charge in [-0.2, -0.15) is 0 Å². The molecule has 0 saturated heterocycles. The smallest absolute Gasteiger partial charge is 0.333 e. The molecule has 0 aromatic heterocycles. The van der Waals surface area contributed by atoms with E-state index in [-0.39, 0.29) is 6.54 Å². The minimum Gasteiger partial charge on any atom is -0.433 e. The molecule has 0 aliphatic heterocycles. The van der Waals surface area contributed by atoms with Crippen LogP contribution in [-0.4, -0.2) is 6.66 Å². The third kappa shape index (κ3) is 4.75. The van der Waals surface area contributed by atoms with Crippen LogP contribution in [0.5, 0.6) is 5.75 Å². The monoisotopic (exact) mass is 245 g/mol. The quantitative estimate of drug-likeness (QED) is 0.349. The summed E-state index contributed by atoms with van der Waals surface area (Å²) in [5.74, 6) is 0.431. The average molecular weight is 246 g/mol. The lowest BCUT2D eigenvalue weighted by atomic mass is 10.2. The molecule has 0 radical (unpaired) electrons. The molecule has 80 valence electrons. The summed E-state index contributed by atoms with van der Waals surface area (Å²) < 4.78 is 16.1. The zero-order valence-electron chi connectivity index (χ0n) is 8.00. The van der Waals surface area contributed by atoms with Gasteiger partial charge in [-0.3, -0.25) is 4.57 Å². The van der Waals surface area contributed by atoms with Crippen molar-refractivity contribution in [1.82, 2.24) is 0 Å². The van der Waals surface area contributed by atoms with Crippen LogP contribution >= 0.6 is 18.0 Å². The zero-order chi connectivity index (χ0) is 11.3. The van der Waals surface area contributed by atoms with Crippen molar-refractivity contribution >= 4 is 18.0 Å². The van der Waals surface area contributed by atoms with Gasteiger partial charge < -0.3 is 4.52 Å². The lowest BCUT2D eigenvalue weighted by Gasteiger charge is -2.07. The van der Waals surface area contributed by atoms with E-state index in [9.17, 15) is 4.57 Å². The van der Waals surface area contributed by atoms with Crippen LogP contribution in [0.2, 0.25) is 0 Å². The number of rotatable bonds is 4. The van der Waals surface area contributed by atoms with Crippen molar-refractivity contribution in [3.05, 3.63) is 40.3 Å². The Kier molecular flexibility index (Phi) is 4.04. The van der Waals surface area contributed by atoms with Gasteiger partial charge in [0.25, 0.3) is 0 Å². The van der Waals surface area contributed by atoms with Gasteiger partial charge in [0.05, 0.1) is 6.54 Å². The van der Waals surface area contributed by atoms with Crippen molar-refractivity contribution in [3.63, 3.8) is 0 Å². The molecule has 0 fully saturated rings. The zero-order valence-corrected chi connectivity index (χ0v) is 9.65. The van der Waals surface area contributed by atoms with Crippen LogP contribution in [0.3, 0.4) is 0 Å². The number of nitrogens with zero attached hydrogens (tertiary/aromatic N) is 3. The molecule has 5 nitrogen and oxygen atoms in total. The molecule has 1 unspecified atom stereocenters. The van der Waals surface area contributed by atoms with Gasteiger partial charge in [0.2, 0.25) is 0 Å². The number of azide groups is 1. The summed E-state index contributed by atoms with van der Waals surface area (Å²) >= 11 is 5.46. The first-order chi connectivity index (χ1) is 7.01. The fourth-order valence-corrected chi connectivity index (χ4v) is 1.69. The van der Waals surface area contributed by atoms with Crippen LogP contribution in [0.1, 0.15) is 5.56 Å². The molecule has 1 aromatic rings. The van der Waals surface area contributed by atoms with Crippen molar-refractivity contribution in [2.24, 2.45) is 5.11 Å². The van der Waals surface area contributed by atoms with E-state index in [0.717, 1.165) is 5.56 Å². The molecule has 0 spiro atoms. The predicted octanol–water partition coefficient (Wildman–Crippen LogP) is 3.94. The van der Waals surface area contributed by atoms with Crippen LogP contribution in [0, 0.1) is 0 Å². The van der Waals surface area contributed by atoms with Crippen molar-refractivity contribution in [2.45, 2.75) is 6.54 Å². The van der Waals surface area contributed by atoms with Crippen LogP contribution in [0.4, 0.5) is 0 Å². The molecule has 0 aliphatic carbocycles. The van der Waals surface area contributed by atoms with Gasteiger partial charge in [-0.25, -0.2) is 0 Å². The van der Waals surface area contributed by atoms with E-state index in [1.807, 2.05) is 0 Å². The fraction of sp³-hybridized carbons (Fsp3) is 0.250. The Morgan fingerprint density at radius 2 is 2.13 bits per heavy atom. The van der Waals surface area contributed by atoms with E-state index >= 15 is 0 Å².